The predicted octanol–water partition coefficient (Wildman–Crippen LogP) is 3.79. The van der Waals surface area contributed by atoms with Crippen LogP contribution in [-0.4, -0.2) is 29.8 Å². The number of anilines is 1. The second-order valence-electron chi connectivity index (χ2n) is 6.74. The van der Waals surface area contributed by atoms with E-state index in [0.717, 1.165) is 22.4 Å². The summed E-state index contributed by atoms with van der Waals surface area (Å²) >= 11 is 0. The van der Waals surface area contributed by atoms with Crippen molar-refractivity contribution in [2.75, 3.05) is 18.4 Å². The summed E-state index contributed by atoms with van der Waals surface area (Å²) in [6.45, 7) is 5.25. The molecule has 0 aliphatic carbocycles. The van der Waals surface area contributed by atoms with E-state index in [0.29, 0.717) is 25.9 Å². The van der Waals surface area contributed by atoms with Gasteiger partial charge in [0.25, 0.3) is 5.91 Å². The molecule has 2 aromatic carbocycles. The van der Waals surface area contributed by atoms with Crippen LogP contribution in [0.4, 0.5) is 5.69 Å². The number of aryl methyl sites for hydroxylation is 2. The number of nitrogens with one attached hydrogen (secondary N) is 1. The van der Waals surface area contributed by atoms with Gasteiger partial charge in [0.15, 0.2) is 0 Å². The van der Waals surface area contributed by atoms with E-state index in [9.17, 15) is 9.59 Å². The Labute approximate surface area is 148 Å². The number of likely N-dealkylation sites (tertiary alicyclic amines) is 1. The first-order valence-electron chi connectivity index (χ1n) is 8.77. The minimum absolute atomic E-state index is 0.0385. The van der Waals surface area contributed by atoms with Crippen LogP contribution in [0.2, 0.25) is 0 Å². The first-order chi connectivity index (χ1) is 12.0. The molecule has 0 aromatic heterocycles. The van der Waals surface area contributed by atoms with E-state index < -0.39 is 0 Å². The summed E-state index contributed by atoms with van der Waals surface area (Å²) in [7, 11) is 0. The van der Waals surface area contributed by atoms with Gasteiger partial charge in [-0.25, -0.2) is 0 Å². The highest BCUT2D eigenvalue weighted by atomic mass is 16.2. The molecule has 25 heavy (non-hydrogen) atoms. The van der Waals surface area contributed by atoms with Crippen LogP contribution in [0.3, 0.4) is 0 Å². The number of carbonyl (C=O) groups is 2. The SMILES string of the molecule is Cc1ccc(C(=O)N2CCC(C(=O)Nc3ccccc3)CC2)c(C)c1. The third-order valence-corrected chi connectivity index (χ3v) is 4.81. The number of nitrogens with zero attached hydrogens (tertiary/aromatic N) is 1. The van der Waals surface area contributed by atoms with Gasteiger partial charge in [0, 0.05) is 30.3 Å². The van der Waals surface area contributed by atoms with Crippen molar-refractivity contribution in [3.05, 3.63) is 65.2 Å². The average molecular weight is 336 g/mol. The molecule has 0 unspecified atom stereocenters. The summed E-state index contributed by atoms with van der Waals surface area (Å²) in [5.41, 5.74) is 3.75. The average Bonchev–Trinajstić information content (AvgIpc) is 2.62. The van der Waals surface area contributed by atoms with Gasteiger partial charge in [0.05, 0.1) is 0 Å². The highest BCUT2D eigenvalue weighted by molar-refractivity contribution is 5.96. The van der Waals surface area contributed by atoms with Gasteiger partial charge in [-0.05, 0) is 50.5 Å². The second-order valence-corrected chi connectivity index (χ2v) is 6.74. The van der Waals surface area contributed by atoms with E-state index in [1.54, 1.807) is 0 Å². The Morgan fingerprint density at radius 1 is 1.00 bits per heavy atom. The first-order valence-corrected chi connectivity index (χ1v) is 8.77. The van der Waals surface area contributed by atoms with Crippen LogP contribution in [-0.2, 0) is 4.79 Å². The molecule has 130 valence electrons. The molecule has 1 aliphatic heterocycles. The maximum Gasteiger partial charge on any atom is 0.254 e. The minimum atomic E-state index is -0.0385. The van der Waals surface area contributed by atoms with E-state index in [-0.39, 0.29) is 17.7 Å². The molecule has 0 spiro atoms. The number of carbonyl (C=O) groups excluding carboxylic acids is 2. The molecule has 1 aliphatic rings. The molecule has 0 radical (unpaired) electrons. The number of rotatable bonds is 3. The zero-order valence-electron chi connectivity index (χ0n) is 14.8. The zero-order valence-corrected chi connectivity index (χ0v) is 14.8. The van der Waals surface area contributed by atoms with Crippen molar-refractivity contribution in [3.8, 4) is 0 Å². The molecular weight excluding hydrogens is 312 g/mol. The van der Waals surface area contributed by atoms with Crippen molar-refractivity contribution in [1.82, 2.24) is 4.90 Å². The molecule has 2 amide bonds. The molecule has 0 saturated carbocycles. The summed E-state index contributed by atoms with van der Waals surface area (Å²) in [6.07, 6.45) is 1.41. The molecule has 1 saturated heterocycles. The summed E-state index contributed by atoms with van der Waals surface area (Å²) in [6, 6.07) is 15.4. The monoisotopic (exact) mass is 336 g/mol. The van der Waals surface area contributed by atoms with Crippen molar-refractivity contribution in [2.24, 2.45) is 5.92 Å². The van der Waals surface area contributed by atoms with Crippen molar-refractivity contribution < 1.29 is 9.59 Å². The van der Waals surface area contributed by atoms with E-state index in [1.807, 2.05) is 67.3 Å². The zero-order chi connectivity index (χ0) is 17.8. The van der Waals surface area contributed by atoms with Gasteiger partial charge in [-0.3, -0.25) is 9.59 Å². The Morgan fingerprint density at radius 2 is 1.68 bits per heavy atom. The van der Waals surface area contributed by atoms with Crippen molar-refractivity contribution in [1.29, 1.82) is 0 Å². The summed E-state index contributed by atoms with van der Waals surface area (Å²) in [4.78, 5) is 27.0. The fraction of sp³-hybridized carbons (Fsp3) is 0.333. The molecule has 2 aromatic rings. The number of piperidine rings is 1. The van der Waals surface area contributed by atoms with Gasteiger partial charge in [-0.2, -0.15) is 0 Å². The largest absolute Gasteiger partial charge is 0.339 e. The molecule has 0 atom stereocenters. The third kappa shape index (κ3) is 4.08. The molecule has 1 fully saturated rings. The van der Waals surface area contributed by atoms with Gasteiger partial charge >= 0.3 is 0 Å². The van der Waals surface area contributed by atoms with E-state index in [2.05, 4.69) is 5.32 Å². The van der Waals surface area contributed by atoms with Gasteiger partial charge in [-0.1, -0.05) is 35.9 Å². The van der Waals surface area contributed by atoms with Crippen LogP contribution in [0.1, 0.15) is 34.3 Å². The molecule has 4 nitrogen and oxygen atoms in total. The lowest BCUT2D eigenvalue weighted by molar-refractivity contribution is -0.121. The van der Waals surface area contributed by atoms with Gasteiger partial charge in [-0.15, -0.1) is 0 Å². The second kappa shape index (κ2) is 7.51. The lowest BCUT2D eigenvalue weighted by Crippen LogP contribution is -2.41. The highest BCUT2D eigenvalue weighted by Crippen LogP contribution is 2.22. The van der Waals surface area contributed by atoms with Gasteiger partial charge < -0.3 is 10.2 Å². The topological polar surface area (TPSA) is 49.4 Å². The summed E-state index contributed by atoms with van der Waals surface area (Å²) < 4.78 is 0. The Balaban J connectivity index is 1.58. The Hall–Kier alpha value is -2.62. The number of hydrogen-bond acceptors (Lipinski definition) is 2. The molecule has 0 bridgehead atoms. The van der Waals surface area contributed by atoms with Crippen LogP contribution in [0.15, 0.2) is 48.5 Å². The maximum atomic E-state index is 12.7. The number of hydrogen-bond donors (Lipinski definition) is 1. The Morgan fingerprint density at radius 3 is 2.32 bits per heavy atom. The number of amides is 2. The summed E-state index contributed by atoms with van der Waals surface area (Å²) in [5.74, 6) is 0.0765. The molecule has 3 rings (SSSR count). The van der Waals surface area contributed by atoms with Crippen LogP contribution in [0.25, 0.3) is 0 Å². The smallest absolute Gasteiger partial charge is 0.254 e. The number of benzene rings is 2. The molecular formula is C21H24N2O2. The summed E-state index contributed by atoms with van der Waals surface area (Å²) in [5, 5.41) is 2.96. The maximum absolute atomic E-state index is 12.7. The lowest BCUT2D eigenvalue weighted by Gasteiger charge is -2.31. The molecule has 4 heteroatoms. The van der Waals surface area contributed by atoms with Crippen molar-refractivity contribution in [2.45, 2.75) is 26.7 Å². The van der Waals surface area contributed by atoms with Crippen LogP contribution in [0.5, 0.6) is 0 Å². The van der Waals surface area contributed by atoms with E-state index in [1.165, 1.54) is 0 Å². The fourth-order valence-electron chi connectivity index (χ4n) is 3.33. The van der Waals surface area contributed by atoms with Crippen LogP contribution < -0.4 is 5.32 Å². The van der Waals surface area contributed by atoms with E-state index in [4.69, 9.17) is 0 Å². The van der Waals surface area contributed by atoms with Crippen LogP contribution >= 0.6 is 0 Å². The third-order valence-electron chi connectivity index (χ3n) is 4.81. The first kappa shape index (κ1) is 17.2. The van der Waals surface area contributed by atoms with Crippen molar-refractivity contribution >= 4 is 17.5 Å². The van der Waals surface area contributed by atoms with Crippen molar-refractivity contribution in [3.63, 3.8) is 0 Å². The standard InChI is InChI=1S/C21H24N2O2/c1-15-8-9-19(16(2)14-15)21(25)23-12-10-17(11-13-23)20(24)22-18-6-4-3-5-7-18/h3-9,14,17H,10-13H2,1-2H3,(H,22,24). The highest BCUT2D eigenvalue weighted by Gasteiger charge is 2.28. The Kier molecular flexibility index (Phi) is 5.17. The lowest BCUT2D eigenvalue weighted by atomic mass is 9.94. The van der Waals surface area contributed by atoms with Crippen LogP contribution in [0, 0.1) is 19.8 Å². The Bertz CT molecular complexity index is 763. The molecule has 1 N–H and O–H groups in total. The minimum Gasteiger partial charge on any atom is -0.339 e. The van der Waals surface area contributed by atoms with E-state index >= 15 is 0 Å². The fourth-order valence-corrected chi connectivity index (χ4v) is 3.33. The molecule has 1 heterocycles. The predicted molar refractivity (Wildman–Crippen MR) is 99.6 cm³/mol. The van der Waals surface area contributed by atoms with Gasteiger partial charge in [0.1, 0.15) is 0 Å². The number of para-hydroxylation sites is 1. The quantitative estimate of drug-likeness (QED) is 0.927. The van der Waals surface area contributed by atoms with Gasteiger partial charge in [0.2, 0.25) is 5.91 Å². The normalized spacial score (nSPS) is 15.0.